The average Bonchev–Trinajstić information content (AvgIpc) is 3.31. The number of rotatable bonds is 1. The van der Waals surface area contributed by atoms with Crippen molar-refractivity contribution in [1.29, 1.82) is 0 Å². The normalized spacial score (nSPS) is 9.00. The van der Waals surface area contributed by atoms with E-state index >= 15 is 0 Å². The van der Waals surface area contributed by atoms with Gasteiger partial charge in [-0.2, -0.15) is 86.0 Å². The fraction of sp³-hybridized carbons (Fsp3) is 0.0625. The minimum absolute atomic E-state index is 0. The van der Waals surface area contributed by atoms with Gasteiger partial charge >= 0.3 is 21.7 Å². The average molecular weight is 464 g/mol. The van der Waals surface area contributed by atoms with Crippen molar-refractivity contribution >= 4 is 10.8 Å². The molecule has 5 aromatic carbocycles. The number of hydrogen-bond donors (Lipinski definition) is 0. The quantitative estimate of drug-likeness (QED) is 0.172. The van der Waals surface area contributed by atoms with E-state index in [1.54, 1.807) is 0 Å². The molecule has 0 amide bonds. The van der Waals surface area contributed by atoms with E-state index in [1.165, 1.54) is 16.3 Å². The van der Waals surface area contributed by atoms with Crippen molar-refractivity contribution < 1.29 is 21.7 Å². The first kappa shape index (κ1) is 27.8. The molecule has 5 aromatic rings. The molecular weight excluding hydrogens is 432 g/mol. The zero-order valence-electron chi connectivity index (χ0n) is 19.5. The Kier molecular flexibility index (Phi) is 13.9. The second kappa shape index (κ2) is 16.4. The van der Waals surface area contributed by atoms with E-state index < -0.39 is 0 Å². The molecule has 0 aliphatic rings. The third kappa shape index (κ3) is 11.3. The van der Waals surface area contributed by atoms with Crippen LogP contribution in [0.5, 0.6) is 0 Å². The molecule has 0 unspecified atom stereocenters. The number of fused-ring (bicyclic) bond motifs is 1. The number of hydrogen-bond acceptors (Lipinski definition) is 0. The molecular formula is C32H32Ti. The molecule has 0 spiro atoms. The van der Waals surface area contributed by atoms with Gasteiger partial charge in [0, 0.05) is 0 Å². The van der Waals surface area contributed by atoms with Gasteiger partial charge in [-0.3, -0.25) is 0 Å². The summed E-state index contributed by atoms with van der Waals surface area (Å²) >= 11 is 0. The Hall–Kier alpha value is -3.19. The minimum atomic E-state index is 0. The Morgan fingerprint density at radius 2 is 0.970 bits per heavy atom. The number of benzene rings is 4. The Morgan fingerprint density at radius 3 is 1.30 bits per heavy atom. The molecule has 5 rings (SSSR count). The van der Waals surface area contributed by atoms with E-state index in [1.807, 2.05) is 91.0 Å². The molecule has 0 N–H and O–H groups in total. The van der Waals surface area contributed by atoms with E-state index in [2.05, 4.69) is 64.1 Å². The van der Waals surface area contributed by atoms with Gasteiger partial charge in [0.2, 0.25) is 0 Å². The van der Waals surface area contributed by atoms with Gasteiger partial charge < -0.3 is 0 Å². The van der Waals surface area contributed by atoms with Crippen LogP contribution in [0, 0.1) is 20.8 Å². The van der Waals surface area contributed by atoms with Gasteiger partial charge in [-0.1, -0.05) is 36.8 Å². The molecule has 0 aromatic heterocycles. The largest absolute Gasteiger partial charge is 4.00 e. The molecule has 1 heteroatoms. The standard InChI is InChI=1S/C11H11.3C7H7.Ti/c1-2-9-5-3-6-10-7-4-8-11(9)10;3*1-7-5-3-2-4-6-7;/h3-8H,2H2,1H3;3*2-6H,1H2;/q4*-1;+4. The van der Waals surface area contributed by atoms with Crippen LogP contribution < -0.4 is 0 Å². The predicted molar refractivity (Wildman–Crippen MR) is 142 cm³/mol. The van der Waals surface area contributed by atoms with Crippen molar-refractivity contribution in [1.82, 2.24) is 0 Å². The fourth-order valence-corrected chi connectivity index (χ4v) is 2.97. The van der Waals surface area contributed by atoms with Crippen molar-refractivity contribution in [2.75, 3.05) is 0 Å². The molecule has 0 nitrogen and oxygen atoms in total. The monoisotopic (exact) mass is 464 g/mol. The predicted octanol–water partition coefficient (Wildman–Crippen LogP) is 8.72. The van der Waals surface area contributed by atoms with Crippen molar-refractivity contribution in [3.63, 3.8) is 0 Å². The third-order valence-corrected chi connectivity index (χ3v) is 4.68. The topological polar surface area (TPSA) is 0 Å². The van der Waals surface area contributed by atoms with Crippen LogP contribution >= 0.6 is 0 Å². The van der Waals surface area contributed by atoms with Gasteiger partial charge in [0.1, 0.15) is 0 Å². The summed E-state index contributed by atoms with van der Waals surface area (Å²) in [5.41, 5.74) is 4.67. The molecule has 0 heterocycles. The maximum absolute atomic E-state index is 3.72. The maximum atomic E-state index is 3.72. The Balaban J connectivity index is 0.000000223. The summed E-state index contributed by atoms with van der Waals surface area (Å²) in [5.74, 6) is 0. The molecule has 0 fully saturated rings. The summed E-state index contributed by atoms with van der Waals surface area (Å²) in [7, 11) is 0. The van der Waals surface area contributed by atoms with E-state index in [0.717, 1.165) is 23.1 Å². The summed E-state index contributed by atoms with van der Waals surface area (Å²) in [5, 5.41) is 2.78. The Labute approximate surface area is 215 Å². The summed E-state index contributed by atoms with van der Waals surface area (Å²) in [6.07, 6.45) is 1.13. The molecule has 0 radical (unpaired) electrons. The smallest absolute Gasteiger partial charge is 0.199 e. The van der Waals surface area contributed by atoms with Crippen LogP contribution in [0.25, 0.3) is 10.8 Å². The molecule has 0 atom stereocenters. The zero-order chi connectivity index (χ0) is 23.0. The van der Waals surface area contributed by atoms with Crippen LogP contribution in [0.2, 0.25) is 0 Å². The molecule has 0 bridgehead atoms. The first-order valence-electron chi connectivity index (χ1n) is 10.8. The van der Waals surface area contributed by atoms with Gasteiger partial charge in [0.15, 0.2) is 0 Å². The summed E-state index contributed by atoms with van der Waals surface area (Å²) in [6.45, 7) is 13.4. The van der Waals surface area contributed by atoms with Crippen molar-refractivity contribution in [3.8, 4) is 0 Å². The number of aryl methyl sites for hydroxylation is 1. The maximum Gasteiger partial charge on any atom is 4.00 e. The first-order chi connectivity index (χ1) is 15.6. The molecule has 0 saturated carbocycles. The van der Waals surface area contributed by atoms with Gasteiger partial charge in [0.25, 0.3) is 0 Å². The molecule has 0 aliphatic heterocycles. The van der Waals surface area contributed by atoms with Crippen LogP contribution in [0.1, 0.15) is 29.2 Å². The van der Waals surface area contributed by atoms with Crippen LogP contribution in [-0.2, 0) is 28.1 Å². The van der Waals surface area contributed by atoms with Crippen molar-refractivity contribution in [3.05, 3.63) is 170 Å². The van der Waals surface area contributed by atoms with E-state index in [9.17, 15) is 0 Å². The summed E-state index contributed by atoms with van der Waals surface area (Å²) in [6, 6.07) is 42.6. The Morgan fingerprint density at radius 1 is 0.545 bits per heavy atom. The molecule has 33 heavy (non-hydrogen) atoms. The molecule has 0 aliphatic carbocycles. The molecule has 164 valence electrons. The van der Waals surface area contributed by atoms with Gasteiger partial charge in [-0.25, -0.2) is 0 Å². The van der Waals surface area contributed by atoms with Crippen LogP contribution in [0.4, 0.5) is 0 Å². The van der Waals surface area contributed by atoms with Crippen LogP contribution in [-0.4, -0.2) is 0 Å². The SMILES string of the molecule is CCc1cccc2[cH-]ccc12.[CH2-]c1ccccc1.[CH2-]c1ccccc1.[CH2-]c1ccccc1.[Ti+4]. The van der Waals surface area contributed by atoms with Gasteiger partial charge in [0.05, 0.1) is 0 Å². The van der Waals surface area contributed by atoms with Gasteiger partial charge in [-0.05, 0) is 6.42 Å². The fourth-order valence-electron chi connectivity index (χ4n) is 2.97. The van der Waals surface area contributed by atoms with E-state index in [-0.39, 0.29) is 21.7 Å². The van der Waals surface area contributed by atoms with Crippen LogP contribution in [0.15, 0.2) is 127 Å². The molecule has 0 saturated heterocycles. The summed E-state index contributed by atoms with van der Waals surface area (Å²) < 4.78 is 0. The first-order valence-corrected chi connectivity index (χ1v) is 10.8. The Bertz CT molecular complexity index is 1020. The third-order valence-electron chi connectivity index (χ3n) is 4.68. The summed E-state index contributed by atoms with van der Waals surface area (Å²) in [4.78, 5) is 0. The second-order valence-electron chi connectivity index (χ2n) is 7.26. The van der Waals surface area contributed by atoms with Crippen LogP contribution in [0.3, 0.4) is 0 Å². The minimum Gasteiger partial charge on any atom is -0.199 e. The van der Waals surface area contributed by atoms with Crippen molar-refractivity contribution in [2.45, 2.75) is 13.3 Å². The van der Waals surface area contributed by atoms with Crippen molar-refractivity contribution in [2.24, 2.45) is 0 Å². The van der Waals surface area contributed by atoms with E-state index in [0.29, 0.717) is 0 Å². The zero-order valence-corrected chi connectivity index (χ0v) is 21.0. The van der Waals surface area contributed by atoms with Gasteiger partial charge in [-0.15, -0.1) is 65.4 Å². The van der Waals surface area contributed by atoms with E-state index in [4.69, 9.17) is 0 Å². The second-order valence-corrected chi connectivity index (χ2v) is 7.26.